The maximum absolute atomic E-state index is 12.8. The lowest BCUT2D eigenvalue weighted by Gasteiger charge is -2.28. The molecule has 1 heterocycles. The summed E-state index contributed by atoms with van der Waals surface area (Å²) in [5, 5.41) is 18.7. The van der Waals surface area contributed by atoms with Crippen molar-refractivity contribution < 1.29 is 9.59 Å². The summed E-state index contributed by atoms with van der Waals surface area (Å²) in [6.45, 7) is 5.79. The first-order chi connectivity index (χ1) is 13.0. The quantitative estimate of drug-likeness (QED) is 0.576. The van der Waals surface area contributed by atoms with E-state index in [-0.39, 0.29) is 23.8 Å². The van der Waals surface area contributed by atoms with Crippen LogP contribution in [0.15, 0.2) is 0 Å². The molecule has 27 heavy (non-hydrogen) atoms. The van der Waals surface area contributed by atoms with Crippen LogP contribution in [-0.4, -0.2) is 37.0 Å². The minimum Gasteiger partial charge on any atom is -0.356 e. The molecule has 152 valence electrons. The molecule has 6 nitrogen and oxygen atoms in total. The van der Waals surface area contributed by atoms with Crippen molar-refractivity contribution in [3.05, 3.63) is 0 Å². The van der Waals surface area contributed by atoms with Crippen molar-refractivity contribution in [2.45, 2.75) is 83.7 Å². The Labute approximate surface area is 163 Å². The lowest BCUT2D eigenvalue weighted by atomic mass is 9.89. The predicted octanol–water partition coefficient (Wildman–Crippen LogP) is 2.50. The number of nitriles is 1. The van der Waals surface area contributed by atoms with E-state index >= 15 is 0 Å². The molecule has 0 aromatic rings. The van der Waals surface area contributed by atoms with Gasteiger partial charge in [-0.05, 0) is 56.9 Å². The summed E-state index contributed by atoms with van der Waals surface area (Å²) in [6.07, 6.45) is 9.23. The van der Waals surface area contributed by atoms with Gasteiger partial charge in [0.25, 0.3) is 0 Å². The van der Waals surface area contributed by atoms with Gasteiger partial charge in [0, 0.05) is 12.5 Å². The summed E-state index contributed by atoms with van der Waals surface area (Å²) in [6, 6.07) is 1.29. The van der Waals surface area contributed by atoms with E-state index in [1.807, 2.05) is 0 Å². The van der Waals surface area contributed by atoms with Gasteiger partial charge in [-0.15, -0.1) is 0 Å². The predicted molar refractivity (Wildman–Crippen MR) is 106 cm³/mol. The van der Waals surface area contributed by atoms with Gasteiger partial charge in [-0.25, -0.2) is 0 Å². The molecule has 2 amide bonds. The van der Waals surface area contributed by atoms with Crippen molar-refractivity contribution in [3.63, 3.8) is 0 Å². The zero-order chi connectivity index (χ0) is 19.6. The number of amides is 2. The molecule has 0 radical (unpaired) electrons. The van der Waals surface area contributed by atoms with Gasteiger partial charge < -0.3 is 16.0 Å². The Hall–Kier alpha value is -1.61. The van der Waals surface area contributed by atoms with Gasteiger partial charge in [0.15, 0.2) is 0 Å². The number of rotatable bonds is 9. The van der Waals surface area contributed by atoms with E-state index < -0.39 is 6.04 Å². The number of hydrogen-bond acceptors (Lipinski definition) is 4. The van der Waals surface area contributed by atoms with Gasteiger partial charge in [-0.2, -0.15) is 5.26 Å². The highest BCUT2D eigenvalue weighted by atomic mass is 16.2. The van der Waals surface area contributed by atoms with Gasteiger partial charge in [0.2, 0.25) is 11.8 Å². The van der Waals surface area contributed by atoms with Crippen LogP contribution in [0.4, 0.5) is 0 Å². The molecule has 3 N–H and O–H groups in total. The van der Waals surface area contributed by atoms with Gasteiger partial charge in [0.05, 0.1) is 12.1 Å². The van der Waals surface area contributed by atoms with Gasteiger partial charge in [-0.1, -0.05) is 33.1 Å². The van der Waals surface area contributed by atoms with Crippen LogP contribution in [0, 0.1) is 29.1 Å². The summed E-state index contributed by atoms with van der Waals surface area (Å²) >= 11 is 0. The van der Waals surface area contributed by atoms with Crippen LogP contribution in [0.3, 0.4) is 0 Å². The largest absolute Gasteiger partial charge is 0.356 e. The molecule has 0 unspecified atom stereocenters. The lowest BCUT2D eigenvalue weighted by molar-refractivity contribution is -0.128. The minimum atomic E-state index is -0.613. The first-order valence-electron chi connectivity index (χ1n) is 10.7. The second-order valence-corrected chi connectivity index (χ2v) is 8.65. The Morgan fingerprint density at radius 2 is 1.96 bits per heavy atom. The van der Waals surface area contributed by atoms with Gasteiger partial charge in [-0.3, -0.25) is 9.59 Å². The summed E-state index contributed by atoms with van der Waals surface area (Å²) in [4.78, 5) is 24.8. The number of carbonyl (C=O) groups excluding carboxylic acids is 2. The summed E-state index contributed by atoms with van der Waals surface area (Å²) < 4.78 is 0. The third-order valence-corrected chi connectivity index (χ3v) is 5.79. The number of nitrogens with zero attached hydrogens (tertiary/aromatic N) is 1. The van der Waals surface area contributed by atoms with E-state index in [9.17, 15) is 14.9 Å². The average Bonchev–Trinajstić information content (AvgIpc) is 2.66. The van der Waals surface area contributed by atoms with E-state index in [0.717, 1.165) is 25.8 Å². The normalized spacial score (nSPS) is 23.3. The molecule has 0 aromatic heterocycles. The van der Waals surface area contributed by atoms with Gasteiger partial charge >= 0.3 is 0 Å². The molecule has 1 saturated carbocycles. The summed E-state index contributed by atoms with van der Waals surface area (Å²) in [5.74, 6) is 0.762. The zero-order valence-corrected chi connectivity index (χ0v) is 16.9. The van der Waals surface area contributed by atoms with Crippen molar-refractivity contribution in [1.82, 2.24) is 16.0 Å². The third kappa shape index (κ3) is 7.50. The first kappa shape index (κ1) is 21.7. The Balaban J connectivity index is 1.87. The molecule has 1 aliphatic carbocycles. The summed E-state index contributed by atoms with van der Waals surface area (Å²) in [5.41, 5.74) is 0. The summed E-state index contributed by atoms with van der Waals surface area (Å²) in [7, 11) is 0. The second kappa shape index (κ2) is 11.3. The van der Waals surface area contributed by atoms with Crippen LogP contribution < -0.4 is 16.0 Å². The van der Waals surface area contributed by atoms with Crippen LogP contribution in [0.25, 0.3) is 0 Å². The SMILES string of the molecule is CC(C)C[C@H](NCC1CCCCC1)C(=O)N[C@H](C#N)C[C@@H]1CCCNC1=O. The minimum absolute atomic E-state index is 0.00454. The van der Waals surface area contributed by atoms with Crippen LogP contribution >= 0.6 is 0 Å². The maximum atomic E-state index is 12.8. The number of hydrogen-bond donors (Lipinski definition) is 3. The molecule has 2 fully saturated rings. The van der Waals surface area contributed by atoms with Crippen molar-refractivity contribution in [1.29, 1.82) is 5.26 Å². The Kier molecular flexibility index (Phi) is 9.06. The number of carbonyl (C=O) groups is 2. The smallest absolute Gasteiger partial charge is 0.238 e. The van der Waals surface area contributed by atoms with E-state index in [1.54, 1.807) is 0 Å². The number of nitrogens with one attached hydrogen (secondary N) is 3. The Bertz CT molecular complexity index is 523. The van der Waals surface area contributed by atoms with E-state index in [4.69, 9.17) is 0 Å². The molecule has 3 atom stereocenters. The molecular formula is C21H36N4O2. The average molecular weight is 377 g/mol. The van der Waals surface area contributed by atoms with Crippen molar-refractivity contribution in [2.75, 3.05) is 13.1 Å². The number of piperidine rings is 1. The third-order valence-electron chi connectivity index (χ3n) is 5.79. The van der Waals surface area contributed by atoms with E-state index in [2.05, 4.69) is 35.9 Å². The standard InChI is InChI=1S/C21H36N4O2/c1-15(2)11-19(24-14-16-7-4-3-5-8-16)21(27)25-18(13-22)12-17-9-6-10-23-20(17)26/h15-19,24H,3-12,14H2,1-2H3,(H,23,26)(H,25,27)/t17-,18-,19-/m0/s1. The fourth-order valence-corrected chi connectivity index (χ4v) is 4.22. The molecule has 1 aliphatic heterocycles. The van der Waals surface area contributed by atoms with Crippen LogP contribution in [0.2, 0.25) is 0 Å². The highest BCUT2D eigenvalue weighted by molar-refractivity contribution is 5.83. The zero-order valence-electron chi connectivity index (χ0n) is 16.9. The highest BCUT2D eigenvalue weighted by Gasteiger charge is 2.28. The fraction of sp³-hybridized carbons (Fsp3) is 0.857. The Morgan fingerprint density at radius 1 is 1.22 bits per heavy atom. The van der Waals surface area contributed by atoms with Crippen molar-refractivity contribution in [3.8, 4) is 6.07 Å². The molecule has 0 aromatic carbocycles. The second-order valence-electron chi connectivity index (χ2n) is 8.65. The monoisotopic (exact) mass is 376 g/mol. The van der Waals surface area contributed by atoms with Crippen molar-refractivity contribution in [2.24, 2.45) is 17.8 Å². The molecule has 2 rings (SSSR count). The molecular weight excluding hydrogens is 340 g/mol. The maximum Gasteiger partial charge on any atom is 0.238 e. The Morgan fingerprint density at radius 3 is 2.59 bits per heavy atom. The van der Waals surface area contributed by atoms with Crippen LogP contribution in [0.1, 0.15) is 71.6 Å². The highest BCUT2D eigenvalue weighted by Crippen LogP contribution is 2.23. The molecule has 2 aliphatic rings. The van der Waals surface area contributed by atoms with E-state index in [0.29, 0.717) is 24.8 Å². The molecule has 1 saturated heterocycles. The van der Waals surface area contributed by atoms with Gasteiger partial charge in [0.1, 0.15) is 6.04 Å². The van der Waals surface area contributed by atoms with Crippen LogP contribution in [-0.2, 0) is 9.59 Å². The van der Waals surface area contributed by atoms with E-state index in [1.165, 1.54) is 32.1 Å². The lowest BCUT2D eigenvalue weighted by Crippen LogP contribution is -2.50. The van der Waals surface area contributed by atoms with Crippen molar-refractivity contribution >= 4 is 11.8 Å². The van der Waals surface area contributed by atoms with Crippen LogP contribution in [0.5, 0.6) is 0 Å². The fourth-order valence-electron chi connectivity index (χ4n) is 4.22. The first-order valence-corrected chi connectivity index (χ1v) is 10.7. The molecule has 0 bridgehead atoms. The molecule has 0 spiro atoms. The topological polar surface area (TPSA) is 94.0 Å². The molecule has 6 heteroatoms.